The van der Waals surface area contributed by atoms with E-state index in [1.165, 1.54) is 0 Å². The summed E-state index contributed by atoms with van der Waals surface area (Å²) < 4.78 is 10.3. The van der Waals surface area contributed by atoms with Gasteiger partial charge in [0.05, 0.1) is 14.2 Å². The molecule has 1 aliphatic heterocycles. The van der Waals surface area contributed by atoms with Crippen LogP contribution in [0.25, 0.3) is 0 Å². The Morgan fingerprint density at radius 3 is 1.32 bits per heavy atom. The van der Waals surface area contributed by atoms with Gasteiger partial charge in [-0.3, -0.25) is 9.59 Å². The first-order chi connectivity index (χ1) is 13.4. The zero-order valence-electron chi connectivity index (χ0n) is 16.7. The molecule has 1 fully saturated rings. The highest BCUT2D eigenvalue weighted by Gasteiger charge is 2.35. The first kappa shape index (κ1) is 19.7. The summed E-state index contributed by atoms with van der Waals surface area (Å²) in [7, 11) is 3.19. The number of rotatable bonds is 4. The topological polar surface area (TPSA) is 59.1 Å². The number of carbonyl (C=O) groups is 2. The fourth-order valence-corrected chi connectivity index (χ4v) is 3.49. The summed E-state index contributed by atoms with van der Waals surface area (Å²) in [5, 5.41) is 0. The molecule has 3 rings (SSSR count). The first-order valence-electron chi connectivity index (χ1n) is 9.34. The molecule has 2 amide bonds. The molecule has 2 aromatic carbocycles. The molecule has 0 N–H and O–H groups in total. The van der Waals surface area contributed by atoms with E-state index in [4.69, 9.17) is 9.47 Å². The Labute approximate surface area is 165 Å². The van der Waals surface area contributed by atoms with Crippen LogP contribution >= 0.6 is 0 Å². The van der Waals surface area contributed by atoms with Crippen LogP contribution in [0.5, 0.6) is 11.5 Å². The maximum atomic E-state index is 12.9. The Hall–Kier alpha value is -3.02. The lowest BCUT2D eigenvalue weighted by Gasteiger charge is -2.44. The van der Waals surface area contributed by atoms with E-state index < -0.39 is 0 Å². The number of hydrogen-bond donors (Lipinski definition) is 0. The summed E-state index contributed by atoms with van der Waals surface area (Å²) >= 11 is 0. The van der Waals surface area contributed by atoms with E-state index in [-0.39, 0.29) is 23.9 Å². The molecule has 1 saturated heterocycles. The van der Waals surface area contributed by atoms with Gasteiger partial charge in [0.25, 0.3) is 11.8 Å². The van der Waals surface area contributed by atoms with Crippen molar-refractivity contribution in [3.8, 4) is 11.5 Å². The van der Waals surface area contributed by atoms with Gasteiger partial charge in [0, 0.05) is 36.3 Å². The lowest BCUT2D eigenvalue weighted by atomic mass is 10.0. The van der Waals surface area contributed by atoms with E-state index >= 15 is 0 Å². The molecule has 28 heavy (non-hydrogen) atoms. The van der Waals surface area contributed by atoms with E-state index in [0.29, 0.717) is 35.7 Å². The van der Waals surface area contributed by atoms with Crippen molar-refractivity contribution in [1.82, 2.24) is 9.80 Å². The largest absolute Gasteiger partial charge is 0.497 e. The molecule has 0 saturated carbocycles. The molecule has 1 heterocycles. The monoisotopic (exact) mass is 382 g/mol. The zero-order valence-corrected chi connectivity index (χ0v) is 16.7. The molecule has 0 spiro atoms. The highest BCUT2D eigenvalue weighted by atomic mass is 16.5. The summed E-state index contributed by atoms with van der Waals surface area (Å²) in [4.78, 5) is 29.6. The second-order valence-corrected chi connectivity index (χ2v) is 7.07. The molecule has 0 bridgehead atoms. The Balaban J connectivity index is 1.71. The van der Waals surface area contributed by atoms with E-state index in [0.717, 1.165) is 0 Å². The smallest absolute Gasteiger partial charge is 0.254 e. The molecule has 1 aliphatic rings. The van der Waals surface area contributed by atoms with Gasteiger partial charge >= 0.3 is 0 Å². The SMILES string of the molecule is COc1ccc(C(=O)N2C[C@@H](C)N(C(=O)c3ccc(OC)cc3)C[C@H]2C)cc1. The summed E-state index contributed by atoms with van der Waals surface area (Å²) in [6.07, 6.45) is 0. The molecule has 2 atom stereocenters. The second kappa shape index (κ2) is 8.33. The molecule has 148 valence electrons. The third kappa shape index (κ3) is 3.96. The van der Waals surface area contributed by atoms with Crippen LogP contribution in [0.3, 0.4) is 0 Å². The average molecular weight is 382 g/mol. The van der Waals surface area contributed by atoms with Gasteiger partial charge in [-0.1, -0.05) is 0 Å². The third-order valence-electron chi connectivity index (χ3n) is 5.18. The normalized spacial score (nSPS) is 19.3. The van der Waals surface area contributed by atoms with Crippen molar-refractivity contribution in [2.24, 2.45) is 0 Å². The fraction of sp³-hybridized carbons (Fsp3) is 0.364. The molecule has 6 heteroatoms. The Kier molecular flexibility index (Phi) is 5.87. The predicted molar refractivity (Wildman–Crippen MR) is 107 cm³/mol. The molecule has 0 aromatic heterocycles. The molecule has 0 unspecified atom stereocenters. The van der Waals surface area contributed by atoms with Crippen LogP contribution in [0.4, 0.5) is 0 Å². The molecule has 6 nitrogen and oxygen atoms in total. The van der Waals surface area contributed by atoms with Crippen LogP contribution in [0.1, 0.15) is 34.6 Å². The van der Waals surface area contributed by atoms with Gasteiger partial charge in [-0.05, 0) is 62.4 Å². The molecule has 0 radical (unpaired) electrons. The fourth-order valence-electron chi connectivity index (χ4n) is 3.49. The lowest BCUT2D eigenvalue weighted by Crippen LogP contribution is -2.59. The number of benzene rings is 2. The summed E-state index contributed by atoms with van der Waals surface area (Å²) in [6, 6.07) is 14.1. The van der Waals surface area contributed by atoms with Crippen molar-refractivity contribution < 1.29 is 19.1 Å². The Morgan fingerprint density at radius 2 is 1.04 bits per heavy atom. The maximum Gasteiger partial charge on any atom is 0.254 e. The molecule has 2 aromatic rings. The maximum absolute atomic E-state index is 12.9. The Bertz CT molecular complexity index is 761. The van der Waals surface area contributed by atoms with Crippen molar-refractivity contribution in [3.63, 3.8) is 0 Å². The molecular weight excluding hydrogens is 356 g/mol. The highest BCUT2D eigenvalue weighted by molar-refractivity contribution is 5.96. The van der Waals surface area contributed by atoms with Crippen molar-refractivity contribution >= 4 is 11.8 Å². The summed E-state index contributed by atoms with van der Waals surface area (Å²) in [5.41, 5.74) is 1.24. The number of piperazine rings is 1. The van der Waals surface area contributed by atoms with Gasteiger partial charge in [-0.2, -0.15) is 0 Å². The van der Waals surface area contributed by atoms with Gasteiger partial charge in [0.15, 0.2) is 0 Å². The Morgan fingerprint density at radius 1 is 0.714 bits per heavy atom. The number of ether oxygens (including phenoxy) is 2. The number of methoxy groups -OCH3 is 2. The summed E-state index contributed by atoms with van der Waals surface area (Å²) in [6.45, 7) is 4.94. The zero-order chi connectivity index (χ0) is 20.3. The molecular formula is C22H26N2O4. The van der Waals surface area contributed by atoms with E-state index in [1.54, 1.807) is 62.8 Å². The van der Waals surface area contributed by atoms with Gasteiger partial charge in [-0.15, -0.1) is 0 Å². The van der Waals surface area contributed by atoms with Crippen LogP contribution in [0, 0.1) is 0 Å². The van der Waals surface area contributed by atoms with E-state index in [9.17, 15) is 9.59 Å². The highest BCUT2D eigenvalue weighted by Crippen LogP contribution is 2.22. The average Bonchev–Trinajstić information content (AvgIpc) is 2.74. The van der Waals surface area contributed by atoms with Gasteiger partial charge in [0.2, 0.25) is 0 Å². The lowest BCUT2D eigenvalue weighted by molar-refractivity contribution is 0.0270. The summed E-state index contributed by atoms with van der Waals surface area (Å²) in [5.74, 6) is 1.37. The van der Waals surface area contributed by atoms with E-state index in [2.05, 4.69) is 0 Å². The van der Waals surface area contributed by atoms with Gasteiger partial charge in [-0.25, -0.2) is 0 Å². The number of carbonyl (C=O) groups excluding carboxylic acids is 2. The minimum atomic E-state index is -0.0759. The van der Waals surface area contributed by atoms with E-state index in [1.807, 2.05) is 23.6 Å². The number of amides is 2. The second-order valence-electron chi connectivity index (χ2n) is 7.07. The third-order valence-corrected chi connectivity index (χ3v) is 5.18. The number of nitrogens with zero attached hydrogens (tertiary/aromatic N) is 2. The minimum absolute atomic E-state index is 0.0291. The van der Waals surface area contributed by atoms with Gasteiger partial charge < -0.3 is 19.3 Å². The van der Waals surface area contributed by atoms with Crippen molar-refractivity contribution in [2.75, 3.05) is 27.3 Å². The predicted octanol–water partition coefficient (Wildman–Crippen LogP) is 3.08. The standard InChI is InChI=1S/C22H26N2O4/c1-15-13-24(22(26)18-7-11-20(28-4)12-8-18)16(2)14-23(15)21(25)17-5-9-19(27-3)10-6-17/h5-12,15-16H,13-14H2,1-4H3/t15-,16-/m1/s1. The van der Waals surface area contributed by atoms with Crippen LogP contribution in [-0.2, 0) is 0 Å². The quantitative estimate of drug-likeness (QED) is 0.815. The van der Waals surface area contributed by atoms with Crippen molar-refractivity contribution in [3.05, 3.63) is 59.7 Å². The minimum Gasteiger partial charge on any atom is -0.497 e. The van der Waals surface area contributed by atoms with Crippen LogP contribution in [-0.4, -0.2) is 61.0 Å². The first-order valence-corrected chi connectivity index (χ1v) is 9.34. The van der Waals surface area contributed by atoms with Crippen LogP contribution in [0.15, 0.2) is 48.5 Å². The van der Waals surface area contributed by atoms with Crippen molar-refractivity contribution in [1.29, 1.82) is 0 Å². The van der Waals surface area contributed by atoms with Gasteiger partial charge in [0.1, 0.15) is 11.5 Å². The van der Waals surface area contributed by atoms with Crippen molar-refractivity contribution in [2.45, 2.75) is 25.9 Å². The number of hydrogen-bond acceptors (Lipinski definition) is 4. The van der Waals surface area contributed by atoms with Crippen LogP contribution in [0.2, 0.25) is 0 Å². The van der Waals surface area contributed by atoms with Crippen LogP contribution < -0.4 is 9.47 Å². The molecule has 0 aliphatic carbocycles.